The maximum atomic E-state index is 3.97. The zero-order chi connectivity index (χ0) is 23.6. The summed E-state index contributed by atoms with van der Waals surface area (Å²) in [6.07, 6.45) is 26.3. The first-order valence-corrected chi connectivity index (χ1v) is 16.2. The second-order valence-electron chi connectivity index (χ2n) is 11.4. The van der Waals surface area contributed by atoms with Gasteiger partial charge in [-0.15, -0.1) is 0 Å². The van der Waals surface area contributed by atoms with Gasteiger partial charge in [0.05, 0.1) is 6.04 Å². The highest BCUT2D eigenvalue weighted by atomic mass is 28.3. The lowest BCUT2D eigenvalue weighted by Crippen LogP contribution is -2.57. The van der Waals surface area contributed by atoms with E-state index in [9.17, 15) is 0 Å². The van der Waals surface area contributed by atoms with Gasteiger partial charge in [-0.3, -0.25) is 5.32 Å². The second kappa shape index (κ2) is 8.16. The molecule has 5 aliphatic rings. The number of hydrogen-bond donors (Lipinski definition) is 1. The fourth-order valence-corrected chi connectivity index (χ4v) is 12.4. The predicted molar refractivity (Wildman–Crippen MR) is 150 cm³/mol. The molecule has 176 valence electrons. The minimum absolute atomic E-state index is 0.342. The van der Waals surface area contributed by atoms with Crippen molar-refractivity contribution in [3.05, 3.63) is 115 Å². The Morgan fingerprint density at radius 2 is 1.40 bits per heavy atom. The molecule has 6 atom stereocenters. The summed E-state index contributed by atoms with van der Waals surface area (Å²) in [5, 5.41) is 6.64. The smallest absolute Gasteiger partial charge is 0.128 e. The van der Waals surface area contributed by atoms with Gasteiger partial charge >= 0.3 is 0 Å². The Labute approximate surface area is 210 Å². The molecule has 2 fully saturated rings. The Morgan fingerprint density at radius 1 is 0.743 bits per heavy atom. The Hall–Kier alpha value is -2.72. The molecule has 1 heterocycles. The normalized spacial score (nSPS) is 35.3. The van der Waals surface area contributed by atoms with E-state index in [-0.39, 0.29) is 0 Å². The number of benzene rings is 2. The molecule has 0 bridgehead atoms. The molecular formula is C32H34N2Si. The molecule has 3 heteroatoms. The van der Waals surface area contributed by atoms with E-state index in [1.54, 1.807) is 0 Å². The van der Waals surface area contributed by atoms with Gasteiger partial charge in [-0.05, 0) is 51.1 Å². The fourth-order valence-electron chi connectivity index (χ4n) is 7.97. The van der Waals surface area contributed by atoms with Gasteiger partial charge in [0.1, 0.15) is 8.24 Å². The van der Waals surface area contributed by atoms with Gasteiger partial charge in [-0.25, -0.2) is 0 Å². The van der Waals surface area contributed by atoms with Gasteiger partial charge in [0.2, 0.25) is 0 Å². The van der Waals surface area contributed by atoms with Crippen LogP contribution in [-0.4, -0.2) is 31.6 Å². The summed E-state index contributed by atoms with van der Waals surface area (Å²) in [5.41, 5.74) is 3.52. The number of allylic oxidation sites excluding steroid dienone is 10. The molecule has 35 heavy (non-hydrogen) atoms. The number of rotatable bonds is 3. The lowest BCUT2D eigenvalue weighted by Gasteiger charge is -2.46. The van der Waals surface area contributed by atoms with Crippen LogP contribution in [0.1, 0.15) is 5.56 Å². The van der Waals surface area contributed by atoms with Crippen molar-refractivity contribution in [1.82, 2.24) is 9.88 Å². The van der Waals surface area contributed by atoms with Crippen LogP contribution in [0.2, 0.25) is 18.6 Å². The predicted octanol–water partition coefficient (Wildman–Crippen LogP) is 6.70. The van der Waals surface area contributed by atoms with E-state index >= 15 is 0 Å². The van der Waals surface area contributed by atoms with Crippen LogP contribution in [0.5, 0.6) is 0 Å². The number of nitrogens with one attached hydrogen (secondary N) is 1. The monoisotopic (exact) mass is 474 g/mol. The van der Waals surface area contributed by atoms with Gasteiger partial charge in [0, 0.05) is 12.7 Å². The topological polar surface area (TPSA) is 15.3 Å². The van der Waals surface area contributed by atoms with E-state index in [0.717, 1.165) is 6.67 Å². The van der Waals surface area contributed by atoms with Crippen molar-refractivity contribution < 1.29 is 0 Å². The molecule has 0 spiro atoms. The summed E-state index contributed by atoms with van der Waals surface area (Å²) in [4.78, 5) is 0. The maximum absolute atomic E-state index is 3.97. The molecular weight excluding hydrogens is 440 g/mol. The average Bonchev–Trinajstić information content (AvgIpc) is 3.49. The van der Waals surface area contributed by atoms with Crippen molar-refractivity contribution in [2.75, 3.05) is 6.67 Å². The van der Waals surface area contributed by atoms with Crippen LogP contribution in [0.25, 0.3) is 16.3 Å². The molecule has 2 nitrogen and oxygen atoms in total. The SMILES string of the molecule is C[Si](C)(C1C2C=CC=CC2C2C=CC=CC21)N1CNC2C(c3cccc4ccccc34)=CC=C[C@H]21. The molecule has 0 radical (unpaired) electrons. The Morgan fingerprint density at radius 3 is 2.14 bits per heavy atom. The van der Waals surface area contributed by atoms with Crippen molar-refractivity contribution in [1.29, 1.82) is 0 Å². The minimum atomic E-state index is -1.82. The summed E-state index contributed by atoms with van der Waals surface area (Å²) in [5.74, 6) is 2.57. The first-order valence-electron chi connectivity index (χ1n) is 13.2. The molecule has 0 aromatic heterocycles. The van der Waals surface area contributed by atoms with Gasteiger partial charge < -0.3 is 4.57 Å². The molecule has 4 aliphatic carbocycles. The van der Waals surface area contributed by atoms with E-state index in [1.807, 2.05) is 0 Å². The van der Waals surface area contributed by atoms with E-state index < -0.39 is 8.24 Å². The highest BCUT2D eigenvalue weighted by Gasteiger charge is 2.57. The van der Waals surface area contributed by atoms with Crippen molar-refractivity contribution in [3.63, 3.8) is 0 Å². The largest absolute Gasteiger partial charge is 0.304 e. The van der Waals surface area contributed by atoms with E-state index in [1.165, 1.54) is 21.9 Å². The lowest BCUT2D eigenvalue weighted by atomic mass is 9.83. The standard InChI is InChI=1S/C32H34N2Si/c1-35(2,32-28-16-7-5-14-25(28)26-15-6-8-17-29(26)32)34-21-33-31-27(19-10-20-30(31)34)24-18-9-12-22-11-3-4-13-23(22)24/h3-20,25-26,28-33H,21H2,1-2H3/t25?,26?,28?,29?,30-,31?,32?/m1/s1. The summed E-state index contributed by atoms with van der Waals surface area (Å²) < 4.78 is 2.90. The van der Waals surface area contributed by atoms with Crippen LogP contribution >= 0.6 is 0 Å². The average molecular weight is 475 g/mol. The lowest BCUT2D eigenvalue weighted by molar-refractivity contribution is 0.409. The third kappa shape index (κ3) is 3.22. The number of hydrogen-bond acceptors (Lipinski definition) is 2. The molecule has 1 aliphatic heterocycles. The summed E-state index contributed by atoms with van der Waals surface area (Å²) >= 11 is 0. The summed E-state index contributed by atoms with van der Waals surface area (Å²) in [6.45, 7) is 6.26. The van der Waals surface area contributed by atoms with Crippen molar-refractivity contribution in [2.45, 2.75) is 30.7 Å². The van der Waals surface area contributed by atoms with Crippen LogP contribution in [0.15, 0.2) is 109 Å². The fraction of sp³-hybridized carbons (Fsp3) is 0.312. The second-order valence-corrected chi connectivity index (χ2v) is 15.9. The Kier molecular flexibility index (Phi) is 5.02. The van der Waals surface area contributed by atoms with Gasteiger partial charge in [-0.2, -0.15) is 0 Å². The highest BCUT2D eigenvalue weighted by molar-refractivity contribution is 6.76. The molecule has 5 unspecified atom stereocenters. The van der Waals surface area contributed by atoms with Gasteiger partial charge in [0.25, 0.3) is 0 Å². The number of fused-ring (bicyclic) bond motifs is 5. The van der Waals surface area contributed by atoms with E-state index in [2.05, 4.69) is 132 Å². The summed E-state index contributed by atoms with van der Waals surface area (Å²) in [7, 11) is -1.82. The third-order valence-corrected chi connectivity index (χ3v) is 13.8. The number of nitrogens with zero attached hydrogens (tertiary/aromatic N) is 1. The van der Waals surface area contributed by atoms with Crippen molar-refractivity contribution >= 4 is 24.6 Å². The van der Waals surface area contributed by atoms with Crippen LogP contribution in [0, 0.1) is 23.7 Å². The molecule has 2 aromatic carbocycles. The van der Waals surface area contributed by atoms with Crippen LogP contribution in [0.4, 0.5) is 0 Å². The first kappa shape index (κ1) is 21.6. The van der Waals surface area contributed by atoms with Crippen molar-refractivity contribution in [2.24, 2.45) is 23.7 Å². The van der Waals surface area contributed by atoms with Crippen LogP contribution in [-0.2, 0) is 0 Å². The maximum Gasteiger partial charge on any atom is 0.128 e. The molecule has 7 rings (SSSR count). The Balaban J connectivity index is 1.24. The minimum Gasteiger partial charge on any atom is -0.304 e. The van der Waals surface area contributed by atoms with Crippen molar-refractivity contribution in [3.8, 4) is 0 Å². The Bertz CT molecular complexity index is 1300. The first-order chi connectivity index (χ1) is 17.1. The zero-order valence-electron chi connectivity index (χ0n) is 20.6. The summed E-state index contributed by atoms with van der Waals surface area (Å²) in [6, 6.07) is 16.3. The van der Waals surface area contributed by atoms with Gasteiger partial charge in [-0.1, -0.05) is 122 Å². The molecule has 1 saturated heterocycles. The molecule has 0 amide bonds. The molecule has 1 N–H and O–H groups in total. The third-order valence-electron chi connectivity index (χ3n) is 9.48. The quantitative estimate of drug-likeness (QED) is 0.498. The zero-order valence-corrected chi connectivity index (χ0v) is 21.6. The molecule has 2 aromatic rings. The van der Waals surface area contributed by atoms with Crippen LogP contribution in [0.3, 0.4) is 0 Å². The molecule has 1 saturated carbocycles. The van der Waals surface area contributed by atoms with E-state index in [4.69, 9.17) is 0 Å². The highest BCUT2D eigenvalue weighted by Crippen LogP contribution is 2.59. The van der Waals surface area contributed by atoms with Crippen LogP contribution < -0.4 is 5.32 Å². The van der Waals surface area contributed by atoms with Gasteiger partial charge in [0.15, 0.2) is 0 Å². The van der Waals surface area contributed by atoms with E-state index in [0.29, 0.717) is 41.3 Å².